The van der Waals surface area contributed by atoms with Crippen molar-refractivity contribution in [3.63, 3.8) is 0 Å². The molecule has 8 nitrogen and oxygen atoms in total. The second-order valence-electron chi connectivity index (χ2n) is 5.66. The molecule has 0 aliphatic carbocycles. The number of aromatic hydroxyl groups is 2. The van der Waals surface area contributed by atoms with Crippen molar-refractivity contribution in [2.75, 3.05) is 0 Å². The van der Waals surface area contributed by atoms with Crippen LogP contribution in [0.2, 0.25) is 0 Å². The predicted molar refractivity (Wildman–Crippen MR) is 97.0 cm³/mol. The van der Waals surface area contributed by atoms with Gasteiger partial charge in [0, 0.05) is 18.1 Å². The molecule has 2 rings (SSSR count). The van der Waals surface area contributed by atoms with Gasteiger partial charge in [-0.3, -0.25) is 10.5 Å². The fourth-order valence-electron chi connectivity index (χ4n) is 2.57. The summed E-state index contributed by atoms with van der Waals surface area (Å²) in [5.74, 6) is 0.175. The zero-order valence-corrected chi connectivity index (χ0v) is 14.7. The summed E-state index contributed by atoms with van der Waals surface area (Å²) >= 11 is 0. The van der Waals surface area contributed by atoms with Gasteiger partial charge in [-0.05, 0) is 31.0 Å². The summed E-state index contributed by atoms with van der Waals surface area (Å²) in [6, 6.07) is 6.93. The number of rotatable bonds is 6. The van der Waals surface area contributed by atoms with E-state index < -0.39 is 0 Å². The van der Waals surface area contributed by atoms with Gasteiger partial charge in [0.2, 0.25) is 0 Å². The highest BCUT2D eigenvalue weighted by Gasteiger charge is 2.10. The van der Waals surface area contributed by atoms with E-state index in [1.165, 1.54) is 0 Å². The zero-order chi connectivity index (χ0) is 19.0. The van der Waals surface area contributed by atoms with Crippen LogP contribution in [0.5, 0.6) is 11.5 Å². The Kier molecular flexibility index (Phi) is 10.5. The number of aliphatic hydroxyl groups is 2. The van der Waals surface area contributed by atoms with Crippen LogP contribution >= 0.6 is 0 Å². The van der Waals surface area contributed by atoms with E-state index in [0.717, 1.165) is 5.56 Å². The molecule has 0 amide bonds. The van der Waals surface area contributed by atoms with Crippen LogP contribution in [0.4, 0.5) is 0 Å². The van der Waals surface area contributed by atoms with Crippen LogP contribution in [0, 0.1) is 13.8 Å². The van der Waals surface area contributed by atoms with Gasteiger partial charge in [-0.25, -0.2) is 0 Å². The fourth-order valence-corrected chi connectivity index (χ4v) is 2.57. The quantitative estimate of drug-likeness (QED) is 0.332. The molecule has 0 atom stereocenters. The van der Waals surface area contributed by atoms with E-state index in [-0.39, 0.29) is 44.8 Å². The Morgan fingerprint density at radius 3 is 1.88 bits per heavy atom. The summed E-state index contributed by atoms with van der Waals surface area (Å²) in [4.78, 5) is 0. The van der Waals surface area contributed by atoms with Crippen LogP contribution < -0.4 is 0 Å². The van der Waals surface area contributed by atoms with Crippen molar-refractivity contribution in [3.05, 3.63) is 57.6 Å². The summed E-state index contributed by atoms with van der Waals surface area (Å²) in [5, 5.41) is 50.6. The molecule has 0 aliphatic heterocycles. The maximum atomic E-state index is 10.1. The van der Waals surface area contributed by atoms with Gasteiger partial charge in [-0.1, -0.05) is 23.8 Å². The smallest absolute Gasteiger partial charge is 0.126 e. The highest BCUT2D eigenvalue weighted by atomic mass is 17.0. The van der Waals surface area contributed by atoms with Crippen molar-refractivity contribution in [2.24, 2.45) is 0 Å². The first-order valence-electron chi connectivity index (χ1n) is 7.58. The highest BCUT2D eigenvalue weighted by Crippen LogP contribution is 2.28. The zero-order valence-electron chi connectivity index (χ0n) is 14.7. The summed E-state index contributed by atoms with van der Waals surface area (Å²) < 4.78 is 5.59. The Labute approximate surface area is 152 Å². The fraction of sp³-hybridized carbons (Fsp3) is 0.333. The van der Waals surface area contributed by atoms with E-state index in [9.17, 15) is 20.4 Å². The largest absolute Gasteiger partial charge is 0.507 e. The van der Waals surface area contributed by atoms with Crippen LogP contribution in [0.1, 0.15) is 34.8 Å². The molecule has 0 heterocycles. The van der Waals surface area contributed by atoms with Crippen LogP contribution in [0.25, 0.3) is 0 Å². The van der Waals surface area contributed by atoms with Gasteiger partial charge >= 0.3 is 0 Å². The van der Waals surface area contributed by atoms with E-state index in [0.29, 0.717) is 27.8 Å². The van der Waals surface area contributed by atoms with Gasteiger partial charge in [0.25, 0.3) is 0 Å². The molecule has 0 unspecified atom stereocenters. The molecular weight excluding hydrogens is 344 g/mol. The third-order valence-corrected chi connectivity index (χ3v) is 3.72. The minimum atomic E-state index is -0.237. The Morgan fingerprint density at radius 2 is 1.35 bits per heavy atom. The lowest BCUT2D eigenvalue weighted by molar-refractivity contribution is -0.176. The number of hydrogen-bond acceptors (Lipinski definition) is 7. The monoisotopic (exact) mass is 373 g/mol. The topological polar surface area (TPSA) is 162 Å². The van der Waals surface area contributed by atoms with Gasteiger partial charge in [0.05, 0.1) is 26.4 Å². The molecule has 0 aromatic heterocycles. The van der Waals surface area contributed by atoms with Crippen molar-refractivity contribution in [1.29, 1.82) is 0 Å². The molecule has 2 aromatic carbocycles. The molecule has 148 valence electrons. The lowest BCUT2D eigenvalue weighted by Crippen LogP contribution is -1.99. The molecule has 0 saturated carbocycles. The Hall–Kier alpha value is -2.20. The van der Waals surface area contributed by atoms with Crippen molar-refractivity contribution in [3.8, 4) is 11.5 Å². The van der Waals surface area contributed by atoms with Crippen molar-refractivity contribution in [2.45, 2.75) is 40.3 Å². The maximum Gasteiger partial charge on any atom is 0.126 e. The summed E-state index contributed by atoms with van der Waals surface area (Å²) in [7, 11) is 0. The molecule has 0 fully saturated rings. The lowest BCUT2D eigenvalue weighted by Gasteiger charge is -2.13. The average molecular weight is 373 g/mol. The van der Waals surface area contributed by atoms with Crippen molar-refractivity contribution >= 4 is 0 Å². The van der Waals surface area contributed by atoms with Crippen LogP contribution in [0.3, 0.4) is 0 Å². The molecule has 0 saturated heterocycles. The number of ether oxygens (including phenoxy) is 1. The van der Waals surface area contributed by atoms with Gasteiger partial charge in [-0.15, -0.1) is 0 Å². The summed E-state index contributed by atoms with van der Waals surface area (Å²) in [6.07, 6.45) is 0. The number of hydrogen-bond donors (Lipinski definition) is 6. The minimum Gasteiger partial charge on any atom is -0.507 e. The molecule has 0 spiro atoms. The first-order valence-corrected chi connectivity index (χ1v) is 7.58. The number of aliphatic hydroxyl groups excluding tert-OH is 2. The van der Waals surface area contributed by atoms with Gasteiger partial charge < -0.3 is 30.6 Å². The van der Waals surface area contributed by atoms with Gasteiger partial charge in [0.1, 0.15) is 11.5 Å². The lowest BCUT2D eigenvalue weighted by atomic mass is 10.0. The van der Waals surface area contributed by atoms with Gasteiger partial charge in [0.15, 0.2) is 0 Å². The Bertz CT molecular complexity index is 704. The molecule has 26 heavy (non-hydrogen) atoms. The van der Waals surface area contributed by atoms with Gasteiger partial charge in [-0.2, -0.15) is 0 Å². The van der Waals surface area contributed by atoms with Crippen LogP contribution in [-0.2, 0) is 31.2 Å². The van der Waals surface area contributed by atoms with Crippen LogP contribution in [-0.4, -0.2) is 36.4 Å². The standard InChI is InChI=1S/C18H22O5.H2O2.H2O.H2/c1-11-3-14(8-20)18(22)15(4-11)9-23-10-16-6-13(7-19)5-12(2)17(16)21;1-2;;/h3-6,19-22H,7-10H2,1-2H3;1-2H;1H2;1H/i;;;1+1. The predicted octanol–water partition coefficient (Wildman–Crippen LogP) is 1.85. The number of aryl methyl sites for hydroxylation is 2. The molecule has 8 N–H and O–H groups in total. The maximum absolute atomic E-state index is 10.1. The molecular formula is C18H28O8. The normalized spacial score (nSPS) is 9.92. The number of phenolic OH excluding ortho intramolecular Hbond substituents is 1. The van der Waals surface area contributed by atoms with Crippen LogP contribution in [0.15, 0.2) is 24.3 Å². The number of benzene rings is 2. The van der Waals surface area contributed by atoms with E-state index in [4.69, 9.17) is 15.3 Å². The first-order chi connectivity index (χ1) is 12.0. The van der Waals surface area contributed by atoms with E-state index in [2.05, 4.69) is 0 Å². The Morgan fingerprint density at radius 1 is 0.808 bits per heavy atom. The summed E-state index contributed by atoms with van der Waals surface area (Å²) in [6.45, 7) is 3.61. The first kappa shape index (κ1) is 23.8. The van der Waals surface area contributed by atoms with E-state index >= 15 is 0 Å². The molecule has 8 heteroatoms. The second kappa shape index (κ2) is 11.4. The molecule has 0 aliphatic rings. The Balaban J connectivity index is 0. The van der Waals surface area contributed by atoms with E-state index in [1.807, 2.05) is 6.92 Å². The minimum absolute atomic E-state index is 0. The second-order valence-corrected chi connectivity index (χ2v) is 5.66. The number of phenols is 2. The third kappa shape index (κ3) is 5.95. The van der Waals surface area contributed by atoms with Crippen molar-refractivity contribution < 1.29 is 42.6 Å². The molecule has 0 bridgehead atoms. The third-order valence-electron chi connectivity index (χ3n) is 3.72. The SMILES string of the molecule is Cc1cc(CO)c(O)c(COCc2cc(CO)cc(C)c2O)c1.O.OO.[2HH]. The molecule has 2 aromatic rings. The van der Waals surface area contributed by atoms with Crippen molar-refractivity contribution in [1.82, 2.24) is 0 Å². The average Bonchev–Trinajstić information content (AvgIpc) is 2.62. The van der Waals surface area contributed by atoms with E-state index in [1.54, 1.807) is 31.2 Å². The highest BCUT2D eigenvalue weighted by molar-refractivity contribution is 5.44. The summed E-state index contributed by atoms with van der Waals surface area (Å²) in [5.41, 5.74) is 3.94. The molecule has 0 radical (unpaired) electrons.